The van der Waals surface area contributed by atoms with Crippen LogP contribution in [0.1, 0.15) is 5.56 Å². The summed E-state index contributed by atoms with van der Waals surface area (Å²) in [6.07, 6.45) is 4.14. The van der Waals surface area contributed by atoms with E-state index in [2.05, 4.69) is 19.4 Å². The molecule has 12 heavy (non-hydrogen) atoms. The maximum absolute atomic E-state index is 5.95. The molecular formula is C9H11ClS2. The molecule has 0 radical (unpaired) electrons. The molecule has 0 aliphatic heterocycles. The van der Waals surface area contributed by atoms with Gasteiger partial charge in [-0.05, 0) is 37.1 Å². The molecule has 1 rings (SSSR count). The van der Waals surface area contributed by atoms with Crippen molar-refractivity contribution in [2.24, 2.45) is 0 Å². The monoisotopic (exact) mass is 218 g/mol. The third kappa shape index (κ3) is 2.12. The van der Waals surface area contributed by atoms with Crippen molar-refractivity contribution in [3.05, 3.63) is 22.7 Å². The topological polar surface area (TPSA) is 0 Å². The number of benzene rings is 1. The minimum absolute atomic E-state index is 0.828. The first-order valence-corrected chi connectivity index (χ1v) is 6.40. The van der Waals surface area contributed by atoms with Gasteiger partial charge in [0.25, 0.3) is 0 Å². The first-order valence-electron chi connectivity index (χ1n) is 3.57. The van der Waals surface area contributed by atoms with Gasteiger partial charge >= 0.3 is 0 Å². The van der Waals surface area contributed by atoms with Gasteiger partial charge in [0.2, 0.25) is 0 Å². The summed E-state index contributed by atoms with van der Waals surface area (Å²) in [5, 5.41) is 0.828. The van der Waals surface area contributed by atoms with Crippen LogP contribution in [0.15, 0.2) is 21.9 Å². The lowest BCUT2D eigenvalue weighted by Crippen LogP contribution is -1.83. The summed E-state index contributed by atoms with van der Waals surface area (Å²) in [7, 11) is 0. The van der Waals surface area contributed by atoms with E-state index in [-0.39, 0.29) is 0 Å². The number of hydrogen-bond acceptors (Lipinski definition) is 2. The van der Waals surface area contributed by atoms with Crippen molar-refractivity contribution in [3.63, 3.8) is 0 Å². The van der Waals surface area contributed by atoms with Crippen LogP contribution in [0.4, 0.5) is 0 Å². The molecule has 1 aromatic rings. The molecule has 66 valence electrons. The quantitative estimate of drug-likeness (QED) is 0.686. The number of thioether (sulfide) groups is 2. The summed E-state index contributed by atoms with van der Waals surface area (Å²) in [5.41, 5.74) is 1.33. The molecule has 0 spiro atoms. The van der Waals surface area contributed by atoms with E-state index in [4.69, 9.17) is 11.6 Å². The van der Waals surface area contributed by atoms with E-state index in [1.807, 2.05) is 12.1 Å². The second-order valence-corrected chi connectivity index (χ2v) is 4.57. The van der Waals surface area contributed by atoms with E-state index in [9.17, 15) is 0 Å². The fourth-order valence-electron chi connectivity index (χ4n) is 1.05. The minimum Gasteiger partial charge on any atom is -0.129 e. The highest BCUT2D eigenvalue weighted by molar-refractivity contribution is 7.99. The molecule has 0 nitrogen and oxygen atoms in total. The van der Waals surface area contributed by atoms with E-state index in [0.29, 0.717) is 0 Å². The molecule has 0 fully saturated rings. The van der Waals surface area contributed by atoms with E-state index >= 15 is 0 Å². The van der Waals surface area contributed by atoms with Crippen molar-refractivity contribution in [2.75, 3.05) is 12.5 Å². The molecular weight excluding hydrogens is 208 g/mol. The molecule has 0 heterocycles. The summed E-state index contributed by atoms with van der Waals surface area (Å²) in [5.74, 6) is 0. The van der Waals surface area contributed by atoms with Crippen LogP contribution < -0.4 is 0 Å². The third-order valence-corrected chi connectivity index (χ3v) is 3.66. The van der Waals surface area contributed by atoms with Crippen LogP contribution in [0.3, 0.4) is 0 Å². The van der Waals surface area contributed by atoms with E-state index in [1.165, 1.54) is 15.4 Å². The second kappa shape index (κ2) is 4.45. The van der Waals surface area contributed by atoms with Gasteiger partial charge < -0.3 is 0 Å². The Labute approximate surface area is 87.1 Å². The average Bonchev–Trinajstić information content (AvgIpc) is 2.08. The fraction of sp³-hybridized carbons (Fsp3) is 0.333. The summed E-state index contributed by atoms with van der Waals surface area (Å²) in [6, 6.07) is 4.03. The van der Waals surface area contributed by atoms with Gasteiger partial charge in [-0.1, -0.05) is 11.6 Å². The van der Waals surface area contributed by atoms with Crippen molar-refractivity contribution < 1.29 is 0 Å². The fourth-order valence-corrected chi connectivity index (χ4v) is 2.79. The maximum Gasteiger partial charge on any atom is 0.0428 e. The molecule has 0 aromatic heterocycles. The number of halogens is 1. The Bertz CT molecular complexity index is 259. The lowest BCUT2D eigenvalue weighted by atomic mass is 10.2. The van der Waals surface area contributed by atoms with Gasteiger partial charge in [0, 0.05) is 14.8 Å². The van der Waals surface area contributed by atoms with Gasteiger partial charge in [0.05, 0.1) is 0 Å². The van der Waals surface area contributed by atoms with Crippen LogP contribution in [0, 0.1) is 6.92 Å². The van der Waals surface area contributed by atoms with E-state index in [0.717, 1.165) is 5.02 Å². The van der Waals surface area contributed by atoms with Gasteiger partial charge in [-0.15, -0.1) is 23.5 Å². The molecule has 0 atom stereocenters. The summed E-state index contributed by atoms with van der Waals surface area (Å²) in [4.78, 5) is 2.54. The molecule has 3 heteroatoms. The van der Waals surface area contributed by atoms with Gasteiger partial charge in [-0.25, -0.2) is 0 Å². The first kappa shape index (κ1) is 10.3. The van der Waals surface area contributed by atoms with Crippen LogP contribution in [-0.4, -0.2) is 12.5 Å². The highest BCUT2D eigenvalue weighted by Gasteiger charge is 2.04. The van der Waals surface area contributed by atoms with Crippen molar-refractivity contribution >= 4 is 35.1 Å². The van der Waals surface area contributed by atoms with Crippen LogP contribution in [0.2, 0.25) is 5.02 Å². The molecule has 0 unspecified atom stereocenters. The zero-order valence-electron chi connectivity index (χ0n) is 7.35. The molecule has 0 aliphatic rings. The molecule has 0 saturated carbocycles. The molecule has 0 aliphatic carbocycles. The normalized spacial score (nSPS) is 10.3. The Morgan fingerprint density at radius 3 is 1.83 bits per heavy atom. The van der Waals surface area contributed by atoms with Gasteiger partial charge in [0.15, 0.2) is 0 Å². The molecule has 1 aromatic carbocycles. The summed E-state index contributed by atoms with van der Waals surface area (Å²) >= 11 is 9.44. The zero-order chi connectivity index (χ0) is 9.14. The highest BCUT2D eigenvalue weighted by Crippen LogP contribution is 2.31. The van der Waals surface area contributed by atoms with Crippen LogP contribution >= 0.6 is 35.1 Å². The predicted octanol–water partition coefficient (Wildman–Crippen LogP) is 4.09. The van der Waals surface area contributed by atoms with E-state index in [1.54, 1.807) is 23.5 Å². The van der Waals surface area contributed by atoms with Crippen LogP contribution in [0.5, 0.6) is 0 Å². The molecule has 0 bridgehead atoms. The zero-order valence-corrected chi connectivity index (χ0v) is 9.74. The van der Waals surface area contributed by atoms with Gasteiger partial charge in [-0.2, -0.15) is 0 Å². The van der Waals surface area contributed by atoms with Crippen molar-refractivity contribution in [3.8, 4) is 0 Å². The summed E-state index contributed by atoms with van der Waals surface area (Å²) in [6.45, 7) is 2.13. The predicted molar refractivity (Wildman–Crippen MR) is 59.8 cm³/mol. The van der Waals surface area contributed by atoms with Crippen LogP contribution in [0.25, 0.3) is 0 Å². The maximum atomic E-state index is 5.95. The van der Waals surface area contributed by atoms with Gasteiger partial charge in [-0.3, -0.25) is 0 Å². The Balaban J connectivity index is 3.22. The van der Waals surface area contributed by atoms with Crippen molar-refractivity contribution in [1.29, 1.82) is 0 Å². The largest absolute Gasteiger partial charge is 0.129 e. The molecule has 0 saturated heterocycles. The van der Waals surface area contributed by atoms with Gasteiger partial charge in [0.1, 0.15) is 0 Å². The Morgan fingerprint density at radius 2 is 1.50 bits per heavy atom. The Hall–Kier alpha value is 0.210. The number of hydrogen-bond donors (Lipinski definition) is 0. The average molecular weight is 219 g/mol. The third-order valence-electron chi connectivity index (χ3n) is 1.72. The van der Waals surface area contributed by atoms with Crippen molar-refractivity contribution in [2.45, 2.75) is 16.7 Å². The summed E-state index contributed by atoms with van der Waals surface area (Å²) < 4.78 is 0. The van der Waals surface area contributed by atoms with Crippen LogP contribution in [-0.2, 0) is 0 Å². The second-order valence-electron chi connectivity index (χ2n) is 2.44. The highest BCUT2D eigenvalue weighted by atomic mass is 35.5. The minimum atomic E-state index is 0.828. The Morgan fingerprint density at radius 1 is 1.08 bits per heavy atom. The smallest absolute Gasteiger partial charge is 0.0428 e. The standard InChI is InChI=1S/C9H11ClS2/c1-6-8(11-2)4-7(10)5-9(6)12-3/h4-5H,1-3H3. The molecule has 0 amide bonds. The van der Waals surface area contributed by atoms with E-state index < -0.39 is 0 Å². The first-order chi connectivity index (χ1) is 5.69. The number of rotatable bonds is 2. The Kier molecular flexibility index (Phi) is 3.81. The lowest BCUT2D eigenvalue weighted by Gasteiger charge is -2.07. The molecule has 0 N–H and O–H groups in total. The van der Waals surface area contributed by atoms with Crippen molar-refractivity contribution in [1.82, 2.24) is 0 Å². The SMILES string of the molecule is CSc1cc(Cl)cc(SC)c1C. The lowest BCUT2D eigenvalue weighted by molar-refractivity contribution is 1.19.